The predicted molar refractivity (Wildman–Crippen MR) is 71.4 cm³/mol. The summed E-state index contributed by atoms with van der Waals surface area (Å²) in [5, 5.41) is 11.4. The highest BCUT2D eigenvalue weighted by Gasteiger charge is 2.14. The summed E-state index contributed by atoms with van der Waals surface area (Å²) in [4.78, 5) is 11.7. The van der Waals surface area contributed by atoms with E-state index in [4.69, 9.17) is 16.1 Å². The lowest BCUT2D eigenvalue weighted by molar-refractivity contribution is 0.446. The Morgan fingerprint density at radius 1 is 1.42 bits per heavy atom. The average Bonchev–Trinajstić information content (AvgIpc) is 2.76. The fourth-order valence-corrected chi connectivity index (χ4v) is 2.23. The monoisotopic (exact) mass is 275 g/mol. The van der Waals surface area contributed by atoms with E-state index in [0.717, 1.165) is 5.56 Å². The van der Waals surface area contributed by atoms with Gasteiger partial charge in [-0.1, -0.05) is 28.9 Å². The largest absolute Gasteiger partial charge is 0.354 e. The molecule has 0 saturated carbocycles. The molecule has 0 aliphatic carbocycles. The molecule has 0 amide bonds. The van der Waals surface area contributed by atoms with Gasteiger partial charge in [0.05, 0.1) is 5.69 Å². The number of nitrogens with zero attached hydrogens (tertiary/aromatic N) is 2. The van der Waals surface area contributed by atoms with E-state index >= 15 is 0 Å². The number of aromatic nitrogens is 3. The summed E-state index contributed by atoms with van der Waals surface area (Å²) >= 11 is 5.94. The minimum Gasteiger partial charge on any atom is -0.354 e. The van der Waals surface area contributed by atoms with E-state index in [1.807, 2.05) is 18.2 Å². The van der Waals surface area contributed by atoms with Crippen molar-refractivity contribution >= 4 is 22.6 Å². The molecule has 0 fully saturated rings. The molecule has 2 aromatic heterocycles. The third-order valence-electron chi connectivity index (χ3n) is 2.90. The van der Waals surface area contributed by atoms with Gasteiger partial charge >= 0.3 is 0 Å². The molecule has 0 radical (unpaired) electrons. The number of halogens is 1. The highest BCUT2D eigenvalue weighted by atomic mass is 35.5. The molecule has 0 aliphatic heterocycles. The first-order chi connectivity index (χ1) is 9.15. The van der Waals surface area contributed by atoms with E-state index in [1.54, 1.807) is 13.0 Å². The molecule has 3 rings (SSSR count). The molecule has 0 spiro atoms. The van der Waals surface area contributed by atoms with Gasteiger partial charge in [0.2, 0.25) is 0 Å². The number of hydrogen-bond donors (Lipinski definition) is 1. The molecular weight excluding hydrogens is 266 g/mol. The number of rotatable bonds is 2. The van der Waals surface area contributed by atoms with Gasteiger partial charge in [0, 0.05) is 11.4 Å². The zero-order valence-electron chi connectivity index (χ0n) is 10.1. The molecule has 1 aromatic carbocycles. The first kappa shape index (κ1) is 11.9. The Bertz CT molecular complexity index is 807. The molecule has 0 saturated heterocycles. The van der Waals surface area contributed by atoms with E-state index < -0.39 is 0 Å². The van der Waals surface area contributed by atoms with Crippen molar-refractivity contribution in [3.63, 3.8) is 0 Å². The van der Waals surface area contributed by atoms with Crippen LogP contribution in [0.2, 0.25) is 5.02 Å². The third-order valence-corrected chi connectivity index (χ3v) is 3.14. The number of hydrogen-bond acceptors (Lipinski definition) is 4. The Morgan fingerprint density at radius 3 is 3.05 bits per heavy atom. The van der Waals surface area contributed by atoms with E-state index in [0.29, 0.717) is 33.8 Å². The zero-order valence-corrected chi connectivity index (χ0v) is 10.9. The van der Waals surface area contributed by atoms with Crippen LogP contribution in [0.3, 0.4) is 0 Å². The number of aryl methyl sites for hydroxylation is 1. The van der Waals surface area contributed by atoms with Gasteiger partial charge in [-0.15, -0.1) is 0 Å². The van der Waals surface area contributed by atoms with Crippen molar-refractivity contribution in [2.24, 2.45) is 0 Å². The second-order valence-corrected chi connectivity index (χ2v) is 4.71. The molecular formula is C13H10ClN3O2. The van der Waals surface area contributed by atoms with Gasteiger partial charge in [0.25, 0.3) is 5.56 Å². The summed E-state index contributed by atoms with van der Waals surface area (Å²) in [6.45, 7) is 1.73. The Kier molecular flexibility index (Phi) is 2.83. The van der Waals surface area contributed by atoms with Crippen molar-refractivity contribution in [2.45, 2.75) is 13.3 Å². The normalized spacial score (nSPS) is 11.1. The van der Waals surface area contributed by atoms with Crippen LogP contribution in [0, 0.1) is 6.92 Å². The molecule has 0 atom stereocenters. The molecule has 96 valence electrons. The number of nitrogens with one attached hydrogen (secondary N) is 1. The Morgan fingerprint density at radius 2 is 2.26 bits per heavy atom. The van der Waals surface area contributed by atoms with E-state index in [1.165, 1.54) is 0 Å². The first-order valence-electron chi connectivity index (χ1n) is 5.73. The van der Waals surface area contributed by atoms with Crippen LogP contribution in [0.25, 0.3) is 11.0 Å². The van der Waals surface area contributed by atoms with E-state index in [-0.39, 0.29) is 5.56 Å². The molecule has 6 heteroatoms. The lowest BCUT2D eigenvalue weighted by Gasteiger charge is -2.01. The molecule has 2 heterocycles. The van der Waals surface area contributed by atoms with E-state index in [2.05, 4.69) is 15.4 Å². The number of benzene rings is 1. The number of aromatic amines is 1. The van der Waals surface area contributed by atoms with Crippen molar-refractivity contribution in [1.29, 1.82) is 0 Å². The van der Waals surface area contributed by atoms with Crippen molar-refractivity contribution in [3.8, 4) is 0 Å². The van der Waals surface area contributed by atoms with Crippen LogP contribution in [0.1, 0.15) is 17.0 Å². The Hall–Kier alpha value is -2.14. The van der Waals surface area contributed by atoms with Gasteiger partial charge in [-0.2, -0.15) is 5.10 Å². The minimum absolute atomic E-state index is 0.288. The molecule has 1 N–H and O–H groups in total. The summed E-state index contributed by atoms with van der Waals surface area (Å²) in [6, 6.07) is 7.46. The second-order valence-electron chi connectivity index (χ2n) is 4.28. The maximum Gasteiger partial charge on any atom is 0.277 e. The van der Waals surface area contributed by atoms with Crippen LogP contribution in [-0.2, 0) is 6.42 Å². The van der Waals surface area contributed by atoms with Crippen molar-refractivity contribution in [3.05, 3.63) is 56.6 Å². The molecule has 3 aromatic rings. The van der Waals surface area contributed by atoms with Gasteiger partial charge in [-0.25, -0.2) is 5.10 Å². The zero-order chi connectivity index (χ0) is 13.4. The smallest absolute Gasteiger partial charge is 0.277 e. The molecule has 19 heavy (non-hydrogen) atoms. The fraction of sp³-hybridized carbons (Fsp3) is 0.154. The Balaban J connectivity index is 2.11. The van der Waals surface area contributed by atoms with Gasteiger partial charge in [-0.3, -0.25) is 4.79 Å². The minimum atomic E-state index is -0.288. The van der Waals surface area contributed by atoms with Crippen LogP contribution < -0.4 is 5.56 Å². The van der Waals surface area contributed by atoms with Crippen LogP contribution in [0.4, 0.5) is 0 Å². The second kappa shape index (κ2) is 4.51. The summed E-state index contributed by atoms with van der Waals surface area (Å²) < 4.78 is 5.20. The van der Waals surface area contributed by atoms with Crippen LogP contribution in [0.5, 0.6) is 0 Å². The Labute approximate surface area is 113 Å². The molecule has 0 unspecified atom stereocenters. The SMILES string of the molecule is Cc1noc2c(Cc3cccc(Cl)c3)n[nH]c(=O)c12. The van der Waals surface area contributed by atoms with Crippen molar-refractivity contribution in [2.75, 3.05) is 0 Å². The van der Waals surface area contributed by atoms with Gasteiger partial charge in [-0.05, 0) is 24.6 Å². The first-order valence-corrected chi connectivity index (χ1v) is 6.11. The highest BCUT2D eigenvalue weighted by Crippen LogP contribution is 2.20. The van der Waals surface area contributed by atoms with Gasteiger partial charge in [0.1, 0.15) is 11.1 Å². The van der Waals surface area contributed by atoms with Gasteiger partial charge < -0.3 is 4.52 Å². The lowest BCUT2D eigenvalue weighted by atomic mass is 10.1. The summed E-state index contributed by atoms with van der Waals surface area (Å²) in [7, 11) is 0. The topological polar surface area (TPSA) is 71.8 Å². The van der Waals surface area contributed by atoms with Gasteiger partial charge in [0.15, 0.2) is 5.58 Å². The van der Waals surface area contributed by atoms with Crippen molar-refractivity contribution in [1.82, 2.24) is 15.4 Å². The molecule has 5 nitrogen and oxygen atoms in total. The summed E-state index contributed by atoms with van der Waals surface area (Å²) in [5.41, 5.74) is 2.33. The van der Waals surface area contributed by atoms with Crippen LogP contribution >= 0.6 is 11.6 Å². The average molecular weight is 276 g/mol. The van der Waals surface area contributed by atoms with Crippen LogP contribution in [0.15, 0.2) is 33.6 Å². The fourth-order valence-electron chi connectivity index (χ4n) is 2.02. The molecule has 0 bridgehead atoms. The lowest BCUT2D eigenvalue weighted by Crippen LogP contribution is -2.11. The highest BCUT2D eigenvalue weighted by molar-refractivity contribution is 6.30. The maximum atomic E-state index is 11.7. The number of H-pyrrole nitrogens is 1. The maximum absolute atomic E-state index is 11.7. The molecule has 0 aliphatic rings. The quantitative estimate of drug-likeness (QED) is 0.780. The van der Waals surface area contributed by atoms with Crippen molar-refractivity contribution < 1.29 is 4.52 Å². The van der Waals surface area contributed by atoms with E-state index in [9.17, 15) is 4.79 Å². The standard InChI is InChI=1S/C13H10ClN3O2/c1-7-11-12(19-17-7)10(15-16-13(11)18)6-8-3-2-4-9(14)5-8/h2-5H,6H2,1H3,(H,16,18). The van der Waals surface area contributed by atoms with Crippen LogP contribution in [-0.4, -0.2) is 15.4 Å². The number of fused-ring (bicyclic) bond motifs is 1. The summed E-state index contributed by atoms with van der Waals surface area (Å²) in [6.07, 6.45) is 0.516. The third kappa shape index (κ3) is 2.13. The summed E-state index contributed by atoms with van der Waals surface area (Å²) in [5.74, 6) is 0. The predicted octanol–water partition coefficient (Wildman–Crippen LogP) is 2.46.